The summed E-state index contributed by atoms with van der Waals surface area (Å²) in [5.74, 6) is -2.91. The van der Waals surface area contributed by atoms with Crippen molar-refractivity contribution in [1.29, 1.82) is 0 Å². The molecule has 216 valence electrons. The minimum absolute atomic E-state index is 0.0122. The van der Waals surface area contributed by atoms with Crippen molar-refractivity contribution in [2.45, 2.75) is 76.4 Å². The van der Waals surface area contributed by atoms with Crippen molar-refractivity contribution in [3.05, 3.63) is 40.2 Å². The molecule has 2 saturated heterocycles. The van der Waals surface area contributed by atoms with Gasteiger partial charge in [0.05, 0.1) is 11.7 Å². The predicted octanol–water partition coefficient (Wildman–Crippen LogP) is 2.36. The fourth-order valence-corrected chi connectivity index (χ4v) is 6.67. The number of aromatic nitrogens is 1. The van der Waals surface area contributed by atoms with Gasteiger partial charge in [0.15, 0.2) is 5.01 Å². The van der Waals surface area contributed by atoms with Gasteiger partial charge in [-0.2, -0.15) is 0 Å². The van der Waals surface area contributed by atoms with E-state index in [1.807, 2.05) is 36.6 Å². The molecule has 6 rings (SSSR count). The van der Waals surface area contributed by atoms with E-state index in [9.17, 15) is 24.0 Å². The third-order valence-electron chi connectivity index (χ3n) is 8.89. The lowest BCUT2D eigenvalue weighted by Crippen LogP contribution is -2.58. The van der Waals surface area contributed by atoms with Crippen LogP contribution in [0.4, 0.5) is 0 Å². The first-order chi connectivity index (χ1) is 19.7. The predicted molar refractivity (Wildman–Crippen MR) is 152 cm³/mol. The zero-order chi connectivity index (χ0) is 28.7. The quantitative estimate of drug-likeness (QED) is 0.392. The van der Waals surface area contributed by atoms with Crippen LogP contribution in [0.15, 0.2) is 29.6 Å². The van der Waals surface area contributed by atoms with Crippen molar-refractivity contribution >= 4 is 40.7 Å². The Morgan fingerprint density at radius 2 is 1.88 bits per heavy atom. The molecule has 2 aliphatic carbocycles. The Morgan fingerprint density at radius 3 is 2.54 bits per heavy atom. The van der Waals surface area contributed by atoms with E-state index in [2.05, 4.69) is 20.9 Å². The summed E-state index contributed by atoms with van der Waals surface area (Å²) in [4.78, 5) is 71.9. The summed E-state index contributed by atoms with van der Waals surface area (Å²) in [5.41, 5.74) is 2.78. The Bertz CT molecular complexity index is 1380. The van der Waals surface area contributed by atoms with E-state index in [0.29, 0.717) is 36.6 Å². The van der Waals surface area contributed by atoms with Gasteiger partial charge in [0, 0.05) is 36.0 Å². The zero-order valence-corrected chi connectivity index (χ0v) is 23.9. The second kappa shape index (κ2) is 11.0. The van der Waals surface area contributed by atoms with Crippen LogP contribution in [0.1, 0.15) is 66.7 Å². The SMILES string of the molecule is Cc1ccc(-c2csc(C(=O)N3CCC4(CC4)C[C@H]3C(=O)N[C@@H](C[C@@H]3CCNC3=O)C(=O)C(=O)NC3CC3)n2)cc1. The van der Waals surface area contributed by atoms with E-state index in [-0.39, 0.29) is 29.7 Å². The van der Waals surface area contributed by atoms with Crippen LogP contribution >= 0.6 is 11.3 Å². The van der Waals surface area contributed by atoms with Gasteiger partial charge in [0.2, 0.25) is 17.6 Å². The Labute approximate surface area is 242 Å². The monoisotopic (exact) mass is 577 g/mol. The van der Waals surface area contributed by atoms with Gasteiger partial charge in [-0.3, -0.25) is 24.0 Å². The van der Waals surface area contributed by atoms with Crippen LogP contribution in [-0.4, -0.2) is 70.5 Å². The average Bonchev–Trinajstić information content (AvgIpc) is 3.84. The van der Waals surface area contributed by atoms with Gasteiger partial charge in [-0.05, 0) is 63.7 Å². The molecule has 3 N–H and O–H groups in total. The standard InChI is InChI=1S/C30H35N5O5S/c1-17-2-4-18(5-3-17)22-16-41-28(34-22)29(40)35-13-11-30(9-10-30)15-23(35)26(38)33-21(14-19-8-12-31-25(19)37)24(36)27(39)32-20-6-7-20/h2-5,16,19-21,23H,6-15H2,1H3,(H,31,37)(H,32,39)(H,33,38)/t19-,21-,23-/m0/s1. The molecule has 0 bridgehead atoms. The summed E-state index contributed by atoms with van der Waals surface area (Å²) in [5, 5.41) is 10.4. The maximum absolute atomic E-state index is 13.8. The van der Waals surface area contributed by atoms with Gasteiger partial charge >= 0.3 is 0 Å². The summed E-state index contributed by atoms with van der Waals surface area (Å²) in [6, 6.07) is 5.98. The van der Waals surface area contributed by atoms with Crippen molar-refractivity contribution in [3.8, 4) is 11.3 Å². The van der Waals surface area contributed by atoms with Gasteiger partial charge < -0.3 is 20.9 Å². The van der Waals surface area contributed by atoms with E-state index in [4.69, 9.17) is 0 Å². The van der Waals surface area contributed by atoms with Gasteiger partial charge in [0.1, 0.15) is 6.04 Å². The first kappa shape index (κ1) is 27.6. The molecule has 1 aromatic carbocycles. The minimum Gasteiger partial charge on any atom is -0.356 e. The van der Waals surface area contributed by atoms with Crippen LogP contribution in [0.2, 0.25) is 0 Å². The van der Waals surface area contributed by atoms with E-state index in [0.717, 1.165) is 43.2 Å². The molecule has 2 aliphatic heterocycles. The molecule has 0 unspecified atom stereocenters. The summed E-state index contributed by atoms with van der Waals surface area (Å²) in [6.45, 7) is 2.93. The maximum atomic E-state index is 13.8. The Balaban J connectivity index is 1.21. The fourth-order valence-electron chi connectivity index (χ4n) is 5.89. The van der Waals surface area contributed by atoms with Crippen molar-refractivity contribution in [2.75, 3.05) is 13.1 Å². The lowest BCUT2D eigenvalue weighted by Gasteiger charge is -2.39. The average molecular weight is 578 g/mol. The van der Waals surface area contributed by atoms with Crippen molar-refractivity contribution in [3.63, 3.8) is 0 Å². The molecule has 3 atom stereocenters. The van der Waals surface area contributed by atoms with Crippen LogP contribution in [0.5, 0.6) is 0 Å². The van der Waals surface area contributed by atoms with Crippen LogP contribution in [0, 0.1) is 18.3 Å². The van der Waals surface area contributed by atoms with E-state index in [1.54, 1.807) is 4.90 Å². The molecule has 4 aliphatic rings. The first-order valence-electron chi connectivity index (χ1n) is 14.5. The molecule has 2 aromatic rings. The largest absolute Gasteiger partial charge is 0.356 e. The number of thiazole rings is 1. The molecule has 0 radical (unpaired) electrons. The summed E-state index contributed by atoms with van der Waals surface area (Å²) >= 11 is 1.25. The number of rotatable bonds is 9. The Kier molecular flexibility index (Phi) is 7.39. The number of piperidine rings is 1. The fraction of sp³-hybridized carbons (Fsp3) is 0.533. The van der Waals surface area contributed by atoms with Crippen LogP contribution in [0.25, 0.3) is 11.3 Å². The maximum Gasteiger partial charge on any atom is 0.289 e. The number of likely N-dealkylation sites (tertiary alicyclic amines) is 1. The lowest BCUT2D eigenvalue weighted by atomic mass is 9.87. The van der Waals surface area contributed by atoms with Gasteiger partial charge in [-0.25, -0.2) is 4.98 Å². The van der Waals surface area contributed by atoms with E-state index in [1.165, 1.54) is 11.3 Å². The number of ketones is 1. The normalized spacial score (nSPS) is 23.5. The van der Waals surface area contributed by atoms with Gasteiger partial charge in [-0.1, -0.05) is 29.8 Å². The first-order valence-corrected chi connectivity index (χ1v) is 15.4. The number of hydrogen-bond donors (Lipinski definition) is 3. The number of hydrogen-bond acceptors (Lipinski definition) is 7. The number of carbonyl (C=O) groups excluding carboxylic acids is 5. The summed E-state index contributed by atoms with van der Waals surface area (Å²) < 4.78 is 0. The highest BCUT2D eigenvalue weighted by atomic mass is 32.1. The smallest absolute Gasteiger partial charge is 0.289 e. The summed E-state index contributed by atoms with van der Waals surface area (Å²) in [6.07, 6.45) is 5.55. The molecule has 2 saturated carbocycles. The number of carbonyl (C=O) groups is 5. The number of benzene rings is 1. The van der Waals surface area contributed by atoms with Crippen molar-refractivity contribution in [1.82, 2.24) is 25.8 Å². The lowest BCUT2D eigenvalue weighted by molar-refractivity contribution is -0.141. The van der Waals surface area contributed by atoms with E-state index < -0.39 is 35.6 Å². The Hall–Kier alpha value is -3.60. The second-order valence-electron chi connectivity index (χ2n) is 12.1. The third kappa shape index (κ3) is 6.05. The summed E-state index contributed by atoms with van der Waals surface area (Å²) in [7, 11) is 0. The van der Waals surface area contributed by atoms with E-state index >= 15 is 0 Å². The van der Waals surface area contributed by atoms with Crippen molar-refractivity contribution < 1.29 is 24.0 Å². The van der Waals surface area contributed by atoms with Crippen LogP contribution < -0.4 is 16.0 Å². The molecule has 4 amide bonds. The van der Waals surface area contributed by atoms with Crippen LogP contribution in [0.3, 0.4) is 0 Å². The second-order valence-corrected chi connectivity index (χ2v) is 12.9. The highest BCUT2D eigenvalue weighted by Crippen LogP contribution is 2.55. The highest BCUT2D eigenvalue weighted by Gasteiger charge is 2.51. The molecule has 41 heavy (non-hydrogen) atoms. The molecular weight excluding hydrogens is 542 g/mol. The van der Waals surface area contributed by atoms with Gasteiger partial charge in [0.25, 0.3) is 11.8 Å². The van der Waals surface area contributed by atoms with Crippen LogP contribution in [-0.2, 0) is 19.2 Å². The minimum atomic E-state index is -1.14. The van der Waals surface area contributed by atoms with Crippen molar-refractivity contribution in [2.24, 2.45) is 11.3 Å². The molecular formula is C30H35N5O5S. The number of aryl methyl sites for hydroxylation is 1. The highest BCUT2D eigenvalue weighted by molar-refractivity contribution is 7.12. The number of amides is 4. The molecule has 11 heteroatoms. The van der Waals surface area contributed by atoms with Gasteiger partial charge in [-0.15, -0.1) is 11.3 Å². The molecule has 3 heterocycles. The number of Topliss-reactive ketones (excluding diaryl/α,β-unsaturated/α-hetero) is 1. The molecule has 4 fully saturated rings. The molecule has 10 nitrogen and oxygen atoms in total. The third-order valence-corrected chi connectivity index (χ3v) is 9.72. The number of nitrogens with one attached hydrogen (secondary N) is 3. The molecule has 1 aromatic heterocycles. The Morgan fingerprint density at radius 1 is 1.12 bits per heavy atom. The number of nitrogens with zero attached hydrogens (tertiary/aromatic N) is 2. The zero-order valence-electron chi connectivity index (χ0n) is 23.1. The topological polar surface area (TPSA) is 138 Å². The molecule has 1 spiro atoms.